The van der Waals surface area contributed by atoms with Crippen LogP contribution in [-0.2, 0) is 11.2 Å². The number of rotatable bonds is 8. The van der Waals surface area contributed by atoms with Crippen molar-refractivity contribution in [1.82, 2.24) is 5.32 Å². The molecule has 8 heteroatoms. The minimum absolute atomic E-state index is 0.0294. The first-order valence-electron chi connectivity index (χ1n) is 11.8. The lowest BCUT2D eigenvalue weighted by molar-refractivity contribution is -0.117. The third kappa shape index (κ3) is 4.64. The fourth-order valence-corrected chi connectivity index (χ4v) is 5.31. The Morgan fingerprint density at radius 2 is 1.91 bits per heavy atom. The molecule has 0 saturated heterocycles. The summed E-state index contributed by atoms with van der Waals surface area (Å²) in [7, 11) is 0. The number of halogens is 3. The number of hydrogen-bond acceptors (Lipinski definition) is 3. The van der Waals surface area contributed by atoms with Crippen LogP contribution in [-0.4, -0.2) is 22.2 Å². The molecule has 2 saturated carbocycles. The molecule has 2 aromatic carbocycles. The number of nitriles is 1. The second-order valence-electron chi connectivity index (χ2n) is 9.52. The largest absolute Gasteiger partial charge is 0.334 e. The van der Waals surface area contributed by atoms with Crippen LogP contribution in [0.25, 0.3) is 0 Å². The van der Waals surface area contributed by atoms with E-state index in [4.69, 9.17) is 11.6 Å². The Morgan fingerprint density at radius 3 is 2.46 bits per heavy atom. The van der Waals surface area contributed by atoms with Gasteiger partial charge < -0.3 is 10.6 Å². The number of amides is 2. The quantitative estimate of drug-likeness (QED) is 0.436. The highest BCUT2D eigenvalue weighted by Crippen LogP contribution is 2.64. The first-order valence-corrected chi connectivity index (χ1v) is 12.2. The molecule has 0 aromatic heterocycles. The van der Waals surface area contributed by atoms with Crippen LogP contribution in [0.15, 0.2) is 36.4 Å². The summed E-state index contributed by atoms with van der Waals surface area (Å²) < 4.78 is 26.3. The number of benzene rings is 2. The van der Waals surface area contributed by atoms with Gasteiger partial charge in [-0.25, -0.2) is 8.78 Å². The van der Waals surface area contributed by atoms with E-state index in [2.05, 4.69) is 16.7 Å². The zero-order valence-electron chi connectivity index (χ0n) is 19.9. The van der Waals surface area contributed by atoms with Gasteiger partial charge in [0.1, 0.15) is 5.54 Å². The van der Waals surface area contributed by atoms with E-state index in [0.717, 1.165) is 11.1 Å². The van der Waals surface area contributed by atoms with E-state index in [1.807, 2.05) is 13.8 Å². The van der Waals surface area contributed by atoms with Crippen molar-refractivity contribution in [3.8, 4) is 6.07 Å². The van der Waals surface area contributed by atoms with E-state index >= 15 is 0 Å². The van der Waals surface area contributed by atoms with Crippen LogP contribution in [0.3, 0.4) is 0 Å². The van der Waals surface area contributed by atoms with Crippen LogP contribution in [0.4, 0.5) is 14.5 Å². The van der Waals surface area contributed by atoms with Crippen LogP contribution in [0.2, 0.25) is 0 Å². The molecule has 2 fully saturated rings. The molecule has 5 nitrogen and oxygen atoms in total. The highest BCUT2D eigenvalue weighted by atomic mass is 35.5. The van der Waals surface area contributed by atoms with Crippen molar-refractivity contribution < 1.29 is 18.4 Å². The zero-order valence-corrected chi connectivity index (χ0v) is 20.7. The number of alkyl halides is 3. The zero-order chi connectivity index (χ0) is 25.5. The lowest BCUT2D eigenvalue weighted by Gasteiger charge is -2.14. The van der Waals surface area contributed by atoms with E-state index in [9.17, 15) is 23.6 Å². The van der Waals surface area contributed by atoms with Crippen molar-refractivity contribution in [2.75, 3.05) is 5.32 Å². The van der Waals surface area contributed by atoms with Crippen LogP contribution in [0.1, 0.15) is 78.1 Å². The molecule has 2 amide bonds. The SMILES string of the molecule is CCc1ccc(NC(=O)C2C(c3ccc(C(F)F)c(C)c3)C2(Cl)CC)cc1C(=O)NC1(C#N)CC1. The van der Waals surface area contributed by atoms with E-state index in [0.29, 0.717) is 42.5 Å². The van der Waals surface area contributed by atoms with Crippen molar-refractivity contribution in [3.05, 3.63) is 64.2 Å². The number of carbonyl (C=O) groups excluding carboxylic acids is 2. The highest BCUT2D eigenvalue weighted by Gasteiger charge is 2.66. The monoisotopic (exact) mass is 499 g/mol. The van der Waals surface area contributed by atoms with E-state index in [1.165, 1.54) is 6.07 Å². The average molecular weight is 500 g/mol. The maximum absolute atomic E-state index is 13.3. The Bertz CT molecular complexity index is 1220. The third-order valence-electron chi connectivity index (χ3n) is 7.29. The molecule has 0 spiro atoms. The summed E-state index contributed by atoms with van der Waals surface area (Å²) in [4.78, 5) is 25.3. The van der Waals surface area contributed by atoms with Gasteiger partial charge in [0.25, 0.3) is 12.3 Å². The Morgan fingerprint density at radius 1 is 1.20 bits per heavy atom. The van der Waals surface area contributed by atoms with Crippen LogP contribution in [0, 0.1) is 24.2 Å². The lowest BCUT2D eigenvalue weighted by atomic mass is 10.0. The molecule has 3 atom stereocenters. The maximum atomic E-state index is 13.3. The van der Waals surface area contributed by atoms with Gasteiger partial charge in [-0.2, -0.15) is 5.26 Å². The summed E-state index contributed by atoms with van der Waals surface area (Å²) in [6, 6.07) is 12.0. The van der Waals surface area contributed by atoms with Gasteiger partial charge in [0.05, 0.1) is 16.9 Å². The summed E-state index contributed by atoms with van der Waals surface area (Å²) in [6.45, 7) is 5.46. The Kier molecular flexibility index (Phi) is 6.63. The van der Waals surface area contributed by atoms with Crippen molar-refractivity contribution in [2.45, 2.75) is 69.2 Å². The molecular weight excluding hydrogens is 472 g/mol. The van der Waals surface area contributed by atoms with Crippen LogP contribution >= 0.6 is 11.6 Å². The molecule has 2 aliphatic rings. The number of hydrogen-bond donors (Lipinski definition) is 2. The van der Waals surface area contributed by atoms with Gasteiger partial charge in [0.15, 0.2) is 0 Å². The molecule has 184 valence electrons. The molecule has 2 aliphatic carbocycles. The fourth-order valence-electron chi connectivity index (χ4n) is 4.89. The third-order valence-corrected chi connectivity index (χ3v) is 8.03. The molecule has 0 bridgehead atoms. The first kappa shape index (κ1) is 25.1. The van der Waals surface area contributed by atoms with Gasteiger partial charge in [-0.1, -0.05) is 38.1 Å². The molecule has 35 heavy (non-hydrogen) atoms. The number of nitrogens with one attached hydrogen (secondary N) is 2. The summed E-state index contributed by atoms with van der Waals surface area (Å²) in [5.74, 6) is -1.46. The molecule has 0 aliphatic heterocycles. The van der Waals surface area contributed by atoms with Gasteiger partial charge in [0, 0.05) is 22.7 Å². The van der Waals surface area contributed by atoms with E-state index < -0.39 is 22.8 Å². The number of carbonyl (C=O) groups is 2. The van der Waals surface area contributed by atoms with Crippen LogP contribution in [0.5, 0.6) is 0 Å². The lowest BCUT2D eigenvalue weighted by Crippen LogP contribution is -2.36. The van der Waals surface area contributed by atoms with Crippen molar-refractivity contribution in [3.63, 3.8) is 0 Å². The van der Waals surface area contributed by atoms with Gasteiger partial charge >= 0.3 is 0 Å². The van der Waals surface area contributed by atoms with E-state index in [1.54, 1.807) is 37.3 Å². The van der Waals surface area contributed by atoms with Crippen molar-refractivity contribution in [1.29, 1.82) is 5.26 Å². The molecule has 2 aromatic rings. The summed E-state index contributed by atoms with van der Waals surface area (Å²) in [6.07, 6.45) is -0.151. The average Bonchev–Trinajstić information content (AvgIpc) is 3.73. The normalized spacial score (nSPS) is 23.9. The molecule has 0 radical (unpaired) electrons. The fraction of sp³-hybridized carbons (Fsp3) is 0.444. The molecule has 3 unspecified atom stereocenters. The highest BCUT2D eigenvalue weighted by molar-refractivity contribution is 6.30. The Labute approximate surface area is 208 Å². The van der Waals surface area contributed by atoms with Gasteiger partial charge in [-0.3, -0.25) is 9.59 Å². The van der Waals surface area contributed by atoms with Crippen molar-refractivity contribution >= 4 is 29.1 Å². The first-order chi connectivity index (χ1) is 16.6. The van der Waals surface area contributed by atoms with Crippen LogP contribution < -0.4 is 10.6 Å². The minimum atomic E-state index is -2.56. The topological polar surface area (TPSA) is 82.0 Å². The van der Waals surface area contributed by atoms with Gasteiger partial charge in [-0.15, -0.1) is 11.6 Å². The predicted octanol–water partition coefficient (Wildman–Crippen LogP) is 6.02. The predicted molar refractivity (Wildman–Crippen MR) is 131 cm³/mol. The van der Waals surface area contributed by atoms with Gasteiger partial charge in [0.2, 0.25) is 5.91 Å². The Hall–Kier alpha value is -2.98. The summed E-state index contributed by atoms with van der Waals surface area (Å²) >= 11 is 6.83. The molecule has 4 rings (SSSR count). The Balaban J connectivity index is 1.54. The number of anilines is 1. The maximum Gasteiger partial charge on any atom is 0.264 e. The minimum Gasteiger partial charge on any atom is -0.334 e. The standard InChI is InChI=1S/C27H28ClF2N3O2/c1-4-16-6-8-18(13-20(16)24(34)33-26(14-31)10-11-26)32-25(35)22-21(27(22,28)5-2)17-7-9-19(23(29)30)15(3)12-17/h6-9,12-13,21-23H,4-5,10-11H2,1-3H3,(H,32,35)(H,33,34). The summed E-state index contributed by atoms with van der Waals surface area (Å²) in [5.41, 5.74) is 2.10. The van der Waals surface area contributed by atoms with Crippen molar-refractivity contribution in [2.24, 2.45) is 5.92 Å². The second kappa shape index (κ2) is 9.23. The molecule has 2 N–H and O–H groups in total. The molecule has 0 heterocycles. The molecular formula is C27H28ClF2N3O2. The second-order valence-corrected chi connectivity index (χ2v) is 10.2. The van der Waals surface area contributed by atoms with Gasteiger partial charge in [-0.05, 0) is 61.4 Å². The number of aryl methyl sites for hydroxylation is 2. The smallest absolute Gasteiger partial charge is 0.264 e. The summed E-state index contributed by atoms with van der Waals surface area (Å²) in [5, 5.41) is 15.0. The van der Waals surface area contributed by atoms with E-state index in [-0.39, 0.29) is 23.3 Å². The number of nitrogens with zero attached hydrogens (tertiary/aromatic N) is 1.